The Morgan fingerprint density at radius 2 is 0.875 bits per heavy atom. The normalized spacial score (nSPS) is 18.0. The van der Waals surface area contributed by atoms with Crippen molar-refractivity contribution in [1.82, 2.24) is 20.4 Å². The molecule has 0 atom stereocenters. The van der Waals surface area contributed by atoms with Crippen LogP contribution in [0.15, 0.2) is 60.7 Å². The highest BCUT2D eigenvalue weighted by molar-refractivity contribution is 6.28. The van der Waals surface area contributed by atoms with Crippen LogP contribution in [-0.2, 0) is 0 Å². The molecule has 4 aliphatic heterocycles. The zero-order valence-corrected chi connectivity index (χ0v) is 32.0. The first-order valence-corrected chi connectivity index (χ1v) is 20.4. The predicted molar refractivity (Wildman–Crippen MR) is 218 cm³/mol. The lowest BCUT2D eigenvalue weighted by atomic mass is 9.91. The zero-order chi connectivity index (χ0) is 38.8. The molecular weight excluding hydrogens is 709 g/mol. The van der Waals surface area contributed by atoms with Gasteiger partial charge in [-0.3, -0.25) is 29.0 Å². The summed E-state index contributed by atoms with van der Waals surface area (Å²) in [4.78, 5) is 61.7. The summed E-state index contributed by atoms with van der Waals surface area (Å²) in [5.41, 5.74) is 4.33. The fraction of sp³-hybridized carbons (Fsp3) is 0.455. The molecule has 4 aliphatic rings. The van der Waals surface area contributed by atoms with E-state index in [1.54, 1.807) is 0 Å². The van der Waals surface area contributed by atoms with Gasteiger partial charge in [0.15, 0.2) is 0 Å². The Balaban J connectivity index is 0.776. The zero-order valence-electron chi connectivity index (χ0n) is 32.0. The molecule has 0 aromatic heterocycles. The van der Waals surface area contributed by atoms with Crippen molar-refractivity contribution in [2.24, 2.45) is 11.8 Å². The quantitative estimate of drug-likeness (QED) is 0.103. The summed E-state index contributed by atoms with van der Waals surface area (Å²) in [7, 11) is 0. The molecule has 4 aromatic rings. The van der Waals surface area contributed by atoms with Gasteiger partial charge in [-0.1, -0.05) is 24.3 Å². The minimum atomic E-state index is -0.253. The lowest BCUT2D eigenvalue weighted by molar-refractivity contribution is 0.0593. The van der Waals surface area contributed by atoms with E-state index in [1.165, 1.54) is 9.80 Å². The number of rotatable bonds is 15. The summed E-state index contributed by atoms with van der Waals surface area (Å²) >= 11 is 0. The van der Waals surface area contributed by atoms with Gasteiger partial charge < -0.3 is 30.6 Å². The van der Waals surface area contributed by atoms with Crippen LogP contribution in [-0.4, -0.2) is 122 Å². The fourth-order valence-electron chi connectivity index (χ4n) is 9.08. The number of benzene rings is 4. The molecule has 2 saturated heterocycles. The van der Waals surface area contributed by atoms with E-state index in [0.29, 0.717) is 86.2 Å². The second-order valence-electron chi connectivity index (χ2n) is 15.7. The Labute approximate surface area is 327 Å². The summed E-state index contributed by atoms with van der Waals surface area (Å²) in [5, 5.41) is 29.2. The summed E-state index contributed by atoms with van der Waals surface area (Å²) in [6.45, 7) is 7.08. The topological polar surface area (TPSA) is 146 Å². The molecular formula is C44H52N6O6. The molecule has 0 saturated carbocycles. The van der Waals surface area contributed by atoms with Gasteiger partial charge in [0.1, 0.15) is 0 Å². The molecule has 8 rings (SSSR count). The van der Waals surface area contributed by atoms with Crippen molar-refractivity contribution in [2.75, 3.05) is 88.5 Å². The number of carbonyl (C=O) groups is 4. The Hall–Kier alpha value is -4.88. The van der Waals surface area contributed by atoms with Crippen LogP contribution in [0.1, 0.15) is 80.0 Å². The Kier molecular flexibility index (Phi) is 11.3. The number of carbonyl (C=O) groups excluding carboxylic acids is 4. The van der Waals surface area contributed by atoms with Crippen molar-refractivity contribution in [3.63, 3.8) is 0 Å². The number of hydrogen-bond acceptors (Lipinski definition) is 10. The van der Waals surface area contributed by atoms with Gasteiger partial charge in [-0.2, -0.15) is 0 Å². The molecule has 12 heteroatoms. The van der Waals surface area contributed by atoms with Crippen LogP contribution < -0.4 is 20.4 Å². The standard InChI is InChI=1S/C44H52N6O6/c51-27-29-13-23-47(24-14-29)37-11-9-35-39-31(37)5-1-7-33(39)41(53)49(43(35)55)21-3-17-45-19-20-46-18-4-22-50-42(54)34-8-2-6-32-38(12-10-36(40(32)34)44(50)56)48-25-15-30(28-52)16-26-48/h1-2,5-12,29-30,45-46,51-52H,3-4,13-28H2. The smallest absolute Gasteiger partial charge is 0.261 e. The Bertz CT molecular complexity index is 1940. The summed E-state index contributed by atoms with van der Waals surface area (Å²) < 4.78 is 0. The predicted octanol–water partition coefficient (Wildman–Crippen LogP) is 4.26. The van der Waals surface area contributed by atoms with Gasteiger partial charge in [-0.05, 0) is 99.8 Å². The van der Waals surface area contributed by atoms with Crippen LogP contribution in [0, 0.1) is 11.8 Å². The average Bonchev–Trinajstić information content (AvgIpc) is 3.24. The van der Waals surface area contributed by atoms with E-state index in [4.69, 9.17) is 0 Å². The van der Waals surface area contributed by atoms with Crippen LogP contribution in [0.4, 0.5) is 11.4 Å². The van der Waals surface area contributed by atoms with Crippen molar-refractivity contribution in [3.8, 4) is 0 Å². The van der Waals surface area contributed by atoms with Gasteiger partial charge >= 0.3 is 0 Å². The van der Waals surface area contributed by atoms with E-state index in [-0.39, 0.29) is 36.8 Å². The van der Waals surface area contributed by atoms with E-state index in [9.17, 15) is 29.4 Å². The molecule has 2 fully saturated rings. The van der Waals surface area contributed by atoms with Crippen molar-refractivity contribution >= 4 is 56.5 Å². The maximum atomic E-state index is 13.6. The summed E-state index contributed by atoms with van der Waals surface area (Å²) in [6.07, 6.45) is 4.92. The number of imide groups is 2. The second-order valence-corrected chi connectivity index (χ2v) is 15.7. The average molecular weight is 761 g/mol. The number of piperidine rings is 2. The van der Waals surface area contributed by atoms with E-state index < -0.39 is 0 Å². The first-order chi connectivity index (χ1) is 27.4. The number of amides is 4. The number of hydrogen-bond donors (Lipinski definition) is 4. The molecule has 0 aliphatic carbocycles. The molecule has 0 radical (unpaired) electrons. The summed E-state index contributed by atoms with van der Waals surface area (Å²) in [5.74, 6) is -0.366. The largest absolute Gasteiger partial charge is 0.396 e. The van der Waals surface area contributed by atoms with Crippen LogP contribution in [0.3, 0.4) is 0 Å². The minimum Gasteiger partial charge on any atom is -0.396 e. The lowest BCUT2D eigenvalue weighted by Gasteiger charge is -2.35. The van der Waals surface area contributed by atoms with Gasteiger partial charge in [0.05, 0.1) is 0 Å². The lowest BCUT2D eigenvalue weighted by Crippen LogP contribution is -2.42. The maximum absolute atomic E-state index is 13.6. The first kappa shape index (κ1) is 38.0. The highest BCUT2D eigenvalue weighted by Gasteiger charge is 2.35. The van der Waals surface area contributed by atoms with E-state index >= 15 is 0 Å². The van der Waals surface area contributed by atoms with Crippen molar-refractivity contribution < 1.29 is 29.4 Å². The van der Waals surface area contributed by atoms with Gasteiger partial charge in [0.2, 0.25) is 0 Å². The molecule has 4 amide bonds. The first-order valence-electron chi connectivity index (χ1n) is 20.4. The van der Waals surface area contributed by atoms with Crippen LogP contribution in [0.5, 0.6) is 0 Å². The Morgan fingerprint density at radius 1 is 0.500 bits per heavy atom. The number of nitrogens with zero attached hydrogens (tertiary/aromatic N) is 4. The third kappa shape index (κ3) is 7.15. The van der Waals surface area contributed by atoms with E-state index in [2.05, 4.69) is 20.4 Å². The van der Waals surface area contributed by atoms with Crippen molar-refractivity contribution in [2.45, 2.75) is 38.5 Å². The molecule has 4 heterocycles. The SMILES string of the molecule is O=C1c2cccc3c(N4CCC(CO)CC4)ccc(c23)C(=O)N1CCCNCCNCCCN1C(=O)c2cccc3c(N4CCC(CO)CC4)ccc(c23)C1=O. The van der Waals surface area contributed by atoms with Gasteiger partial charge in [-0.25, -0.2) is 0 Å². The van der Waals surface area contributed by atoms with E-state index in [1.807, 2.05) is 60.7 Å². The number of aliphatic hydroxyl groups is 2. The Morgan fingerprint density at radius 3 is 1.25 bits per heavy atom. The van der Waals surface area contributed by atoms with Gasteiger partial charge in [0, 0.05) is 121 Å². The highest BCUT2D eigenvalue weighted by Crippen LogP contribution is 2.39. The van der Waals surface area contributed by atoms with Crippen LogP contribution in [0.2, 0.25) is 0 Å². The fourth-order valence-corrected chi connectivity index (χ4v) is 9.08. The molecule has 0 unspecified atom stereocenters. The van der Waals surface area contributed by atoms with Crippen LogP contribution >= 0.6 is 0 Å². The molecule has 294 valence electrons. The molecule has 56 heavy (non-hydrogen) atoms. The monoisotopic (exact) mass is 760 g/mol. The molecule has 12 nitrogen and oxygen atoms in total. The third-order valence-electron chi connectivity index (χ3n) is 12.3. The number of aliphatic hydroxyl groups excluding tert-OH is 2. The highest BCUT2D eigenvalue weighted by atomic mass is 16.3. The van der Waals surface area contributed by atoms with Gasteiger partial charge in [-0.15, -0.1) is 0 Å². The van der Waals surface area contributed by atoms with Gasteiger partial charge in [0.25, 0.3) is 23.6 Å². The van der Waals surface area contributed by atoms with Crippen LogP contribution in [0.25, 0.3) is 21.5 Å². The van der Waals surface area contributed by atoms with Crippen molar-refractivity contribution in [3.05, 3.63) is 82.9 Å². The maximum Gasteiger partial charge on any atom is 0.261 e. The molecule has 0 spiro atoms. The second kappa shape index (κ2) is 16.7. The minimum absolute atomic E-state index is 0.209. The molecule has 4 N–H and O–H groups in total. The third-order valence-corrected chi connectivity index (χ3v) is 12.3. The molecule has 4 aromatic carbocycles. The number of anilines is 2. The summed E-state index contributed by atoms with van der Waals surface area (Å²) in [6, 6.07) is 19.2. The van der Waals surface area contributed by atoms with E-state index in [0.717, 1.165) is 84.8 Å². The molecule has 0 bridgehead atoms. The number of nitrogens with one attached hydrogen (secondary N) is 2. The van der Waals surface area contributed by atoms with Crippen molar-refractivity contribution in [1.29, 1.82) is 0 Å².